The monoisotopic (exact) mass is 336 g/mol. The number of benzene rings is 1. The fourth-order valence-electron chi connectivity index (χ4n) is 3.42. The normalized spacial score (nSPS) is 18.6. The summed E-state index contributed by atoms with van der Waals surface area (Å²) >= 11 is 0. The first-order valence-corrected chi connectivity index (χ1v) is 9.04. The second-order valence-electron chi connectivity index (χ2n) is 7.28. The topological polar surface area (TPSA) is 58.1 Å². The van der Waals surface area contributed by atoms with Crippen LogP contribution in [0.1, 0.15) is 61.3 Å². The number of nitrogens with zero attached hydrogens (tertiary/aromatic N) is 3. The molecule has 1 aliphatic heterocycles. The van der Waals surface area contributed by atoms with E-state index >= 15 is 0 Å². The quantitative estimate of drug-likeness (QED) is 0.911. The highest BCUT2D eigenvalue weighted by molar-refractivity contribution is 5.73. The molecule has 1 amide bonds. The lowest BCUT2D eigenvalue weighted by Gasteiger charge is -2.39. The van der Waals surface area contributed by atoms with Gasteiger partial charge in [0, 0.05) is 38.3 Å². The first-order valence-electron chi connectivity index (χ1n) is 9.04. The van der Waals surface area contributed by atoms with Crippen molar-refractivity contribution in [1.82, 2.24) is 15.3 Å². The maximum Gasteiger partial charge on any atom is 0.225 e. The first-order chi connectivity index (χ1) is 12.1. The zero-order valence-electron chi connectivity index (χ0n) is 14.8. The van der Waals surface area contributed by atoms with Gasteiger partial charge in [0.25, 0.3) is 0 Å². The second kappa shape index (κ2) is 6.47. The number of hydrogen-bond donors (Lipinski definition) is 1. The van der Waals surface area contributed by atoms with Gasteiger partial charge in [0.1, 0.15) is 0 Å². The summed E-state index contributed by atoms with van der Waals surface area (Å²) in [5.41, 5.74) is 3.75. The van der Waals surface area contributed by atoms with Crippen molar-refractivity contribution in [2.75, 3.05) is 18.0 Å². The smallest absolute Gasteiger partial charge is 0.225 e. The lowest BCUT2D eigenvalue weighted by atomic mass is 9.90. The molecule has 1 atom stereocenters. The van der Waals surface area contributed by atoms with E-state index in [1.807, 2.05) is 19.3 Å². The molecule has 1 saturated carbocycles. The Morgan fingerprint density at radius 1 is 1.08 bits per heavy atom. The predicted molar refractivity (Wildman–Crippen MR) is 97.6 cm³/mol. The van der Waals surface area contributed by atoms with Crippen molar-refractivity contribution >= 4 is 11.9 Å². The fourth-order valence-corrected chi connectivity index (χ4v) is 3.42. The van der Waals surface area contributed by atoms with Crippen LogP contribution in [0.3, 0.4) is 0 Å². The minimum absolute atomic E-state index is 0.00100. The van der Waals surface area contributed by atoms with Crippen LogP contribution < -0.4 is 10.2 Å². The lowest BCUT2D eigenvalue weighted by molar-refractivity contribution is -0.119. The molecule has 2 aromatic rings. The molecule has 130 valence electrons. The molecule has 4 rings (SSSR count). The van der Waals surface area contributed by atoms with E-state index in [0.29, 0.717) is 11.8 Å². The van der Waals surface area contributed by atoms with Gasteiger partial charge in [-0.1, -0.05) is 24.3 Å². The number of carbonyl (C=O) groups excluding carboxylic acids is 1. The Kier molecular flexibility index (Phi) is 4.15. The van der Waals surface area contributed by atoms with Gasteiger partial charge in [0.05, 0.1) is 6.04 Å². The van der Waals surface area contributed by atoms with E-state index in [1.165, 1.54) is 24.0 Å². The molecule has 1 aliphatic carbocycles. The molecule has 2 heterocycles. The molecule has 0 bridgehead atoms. The van der Waals surface area contributed by atoms with E-state index in [9.17, 15) is 4.79 Å². The van der Waals surface area contributed by atoms with Crippen LogP contribution in [0.15, 0.2) is 36.7 Å². The van der Waals surface area contributed by atoms with Gasteiger partial charge in [-0.3, -0.25) is 4.79 Å². The van der Waals surface area contributed by atoms with E-state index in [-0.39, 0.29) is 11.9 Å². The van der Waals surface area contributed by atoms with Gasteiger partial charge in [-0.15, -0.1) is 0 Å². The Bertz CT molecular complexity index is 746. The largest absolute Gasteiger partial charge is 0.350 e. The standard InChI is InChI=1S/C20H24N4O/c1-13(23-14(2)25)15-3-5-17(6-4-15)19-11-24(12-19)20-21-9-18(10-22-20)16-7-8-16/h3-6,9-10,13,16,19H,7-8,11-12H2,1-2H3,(H,23,25)/t13-/m0/s1. The van der Waals surface area contributed by atoms with Crippen molar-refractivity contribution in [2.24, 2.45) is 0 Å². The highest BCUT2D eigenvalue weighted by atomic mass is 16.1. The summed E-state index contributed by atoms with van der Waals surface area (Å²) in [5.74, 6) is 2.07. The van der Waals surface area contributed by atoms with E-state index in [1.54, 1.807) is 6.92 Å². The minimum atomic E-state index is -0.00100. The summed E-state index contributed by atoms with van der Waals surface area (Å²) in [7, 11) is 0. The molecule has 0 radical (unpaired) electrons. The molecule has 2 fully saturated rings. The zero-order valence-corrected chi connectivity index (χ0v) is 14.8. The van der Waals surface area contributed by atoms with Gasteiger partial charge < -0.3 is 10.2 Å². The van der Waals surface area contributed by atoms with E-state index < -0.39 is 0 Å². The van der Waals surface area contributed by atoms with Gasteiger partial charge in [-0.05, 0) is 42.4 Å². The number of anilines is 1. The van der Waals surface area contributed by atoms with E-state index in [4.69, 9.17) is 0 Å². The second-order valence-corrected chi connectivity index (χ2v) is 7.28. The number of amides is 1. The van der Waals surface area contributed by atoms with Crippen molar-refractivity contribution in [3.05, 3.63) is 53.3 Å². The van der Waals surface area contributed by atoms with Crippen molar-refractivity contribution in [3.63, 3.8) is 0 Å². The van der Waals surface area contributed by atoms with Gasteiger partial charge in [-0.2, -0.15) is 0 Å². The third kappa shape index (κ3) is 3.50. The van der Waals surface area contributed by atoms with E-state index in [2.05, 4.69) is 44.5 Å². The SMILES string of the molecule is CC(=O)N[C@@H](C)c1ccc(C2CN(c3ncc(C4CC4)cn3)C2)cc1. The minimum Gasteiger partial charge on any atom is -0.350 e. The van der Waals surface area contributed by atoms with Crippen LogP contribution in [0.2, 0.25) is 0 Å². The number of aromatic nitrogens is 2. The maximum atomic E-state index is 11.2. The van der Waals surface area contributed by atoms with Crippen molar-refractivity contribution in [3.8, 4) is 0 Å². The maximum absolute atomic E-state index is 11.2. The summed E-state index contributed by atoms with van der Waals surface area (Å²) < 4.78 is 0. The molecule has 1 N–H and O–H groups in total. The number of carbonyl (C=O) groups is 1. The molecule has 1 aromatic heterocycles. The number of nitrogens with one attached hydrogen (secondary N) is 1. The number of rotatable bonds is 5. The van der Waals surface area contributed by atoms with Crippen LogP contribution in [0, 0.1) is 0 Å². The molecular formula is C20H24N4O. The van der Waals surface area contributed by atoms with Gasteiger partial charge in [-0.25, -0.2) is 9.97 Å². The van der Waals surface area contributed by atoms with Crippen LogP contribution in [0.5, 0.6) is 0 Å². The lowest BCUT2D eigenvalue weighted by Crippen LogP contribution is -2.46. The Hall–Kier alpha value is -2.43. The Balaban J connectivity index is 1.34. The number of hydrogen-bond acceptors (Lipinski definition) is 4. The molecule has 2 aliphatic rings. The zero-order chi connectivity index (χ0) is 17.4. The molecule has 25 heavy (non-hydrogen) atoms. The van der Waals surface area contributed by atoms with Gasteiger partial charge in [0.2, 0.25) is 11.9 Å². The van der Waals surface area contributed by atoms with Crippen LogP contribution in [-0.4, -0.2) is 29.0 Å². The molecular weight excluding hydrogens is 312 g/mol. The summed E-state index contributed by atoms with van der Waals surface area (Å²) in [6.07, 6.45) is 6.55. The van der Waals surface area contributed by atoms with Crippen molar-refractivity contribution < 1.29 is 4.79 Å². The summed E-state index contributed by atoms with van der Waals surface area (Å²) in [5, 5.41) is 2.92. The average Bonchev–Trinajstić information content (AvgIpc) is 3.39. The summed E-state index contributed by atoms with van der Waals surface area (Å²) in [6, 6.07) is 8.61. The molecule has 5 heteroatoms. The molecule has 1 saturated heterocycles. The fraction of sp³-hybridized carbons (Fsp3) is 0.450. The van der Waals surface area contributed by atoms with Crippen molar-refractivity contribution in [2.45, 2.75) is 44.6 Å². The van der Waals surface area contributed by atoms with Crippen LogP contribution in [0.25, 0.3) is 0 Å². The van der Waals surface area contributed by atoms with Gasteiger partial charge in [0.15, 0.2) is 0 Å². The summed E-state index contributed by atoms with van der Waals surface area (Å²) in [4.78, 5) is 22.5. The summed E-state index contributed by atoms with van der Waals surface area (Å²) in [6.45, 7) is 5.48. The average molecular weight is 336 g/mol. The Labute approximate surface area is 148 Å². The van der Waals surface area contributed by atoms with E-state index in [0.717, 1.165) is 24.6 Å². The van der Waals surface area contributed by atoms with Crippen LogP contribution >= 0.6 is 0 Å². The van der Waals surface area contributed by atoms with Gasteiger partial charge >= 0.3 is 0 Å². The van der Waals surface area contributed by atoms with Crippen LogP contribution in [0.4, 0.5) is 5.95 Å². The Morgan fingerprint density at radius 2 is 1.72 bits per heavy atom. The Morgan fingerprint density at radius 3 is 2.28 bits per heavy atom. The predicted octanol–water partition coefficient (Wildman–Crippen LogP) is 3.15. The molecule has 0 unspecified atom stereocenters. The highest BCUT2D eigenvalue weighted by Crippen LogP contribution is 2.39. The third-order valence-corrected chi connectivity index (χ3v) is 5.20. The van der Waals surface area contributed by atoms with Crippen molar-refractivity contribution in [1.29, 1.82) is 0 Å². The molecule has 1 aromatic carbocycles. The first kappa shape index (κ1) is 16.1. The highest BCUT2D eigenvalue weighted by Gasteiger charge is 2.30. The molecule has 0 spiro atoms. The van der Waals surface area contributed by atoms with Crippen LogP contribution in [-0.2, 0) is 4.79 Å². The molecule has 5 nitrogen and oxygen atoms in total. The third-order valence-electron chi connectivity index (χ3n) is 5.20.